The molecule has 0 spiro atoms. The lowest BCUT2D eigenvalue weighted by atomic mass is 10.3. The van der Waals surface area contributed by atoms with E-state index in [1.54, 1.807) is 7.11 Å². The van der Waals surface area contributed by atoms with Crippen LogP contribution in [-0.4, -0.2) is 11.5 Å². The fraction of sp³-hybridized carbons (Fsp3) is 0.200. The van der Waals surface area contributed by atoms with Crippen molar-refractivity contribution in [2.24, 2.45) is 0 Å². The van der Waals surface area contributed by atoms with Gasteiger partial charge in [0.15, 0.2) is 0 Å². The second-order valence-corrected chi connectivity index (χ2v) is 3.95. The van der Waals surface area contributed by atoms with E-state index in [9.17, 15) is 0 Å². The predicted molar refractivity (Wildman–Crippen MR) is 56.4 cm³/mol. The smallest absolute Gasteiger partial charge is 0.144 e. The molecule has 0 aromatic carbocycles. The number of pyridine rings is 1. The number of ether oxygens (including phenoxy) is 1. The first-order valence-electron chi connectivity index (χ1n) is 4.02. The predicted octanol–water partition coefficient (Wildman–Crippen LogP) is 3.02. The zero-order chi connectivity index (χ0) is 9.42. The molecule has 0 bridgehead atoms. The zero-order valence-corrected chi connectivity index (χ0v) is 9.13. The lowest BCUT2D eigenvalue weighted by Crippen LogP contribution is -1.88. The van der Waals surface area contributed by atoms with Gasteiger partial charge in [0.2, 0.25) is 0 Å². The molecular formula is C10H10BrNO. The summed E-state index contributed by atoms with van der Waals surface area (Å²) in [7, 11) is 1.68. The van der Waals surface area contributed by atoms with E-state index in [1.807, 2.05) is 12.3 Å². The molecule has 0 amide bonds. The van der Waals surface area contributed by atoms with Crippen molar-refractivity contribution < 1.29 is 4.74 Å². The Balaban J connectivity index is 2.80. The number of methoxy groups -OCH3 is 1. The minimum Gasteiger partial charge on any atom is -0.495 e. The fourth-order valence-electron chi connectivity index (χ4n) is 1.45. The third-order valence-electron chi connectivity index (χ3n) is 1.99. The summed E-state index contributed by atoms with van der Waals surface area (Å²) >= 11 is 3.43. The lowest BCUT2D eigenvalue weighted by Gasteiger charge is -2.03. The summed E-state index contributed by atoms with van der Waals surface area (Å²) in [5, 5.41) is 0. The van der Waals surface area contributed by atoms with Crippen LogP contribution in [0, 0.1) is 6.92 Å². The zero-order valence-electron chi connectivity index (χ0n) is 7.54. The molecule has 0 fully saturated rings. The summed E-state index contributed by atoms with van der Waals surface area (Å²) in [5.74, 6) is 0.891. The minimum atomic E-state index is 0.891. The monoisotopic (exact) mass is 239 g/mol. The molecule has 68 valence electrons. The van der Waals surface area contributed by atoms with E-state index in [-0.39, 0.29) is 0 Å². The van der Waals surface area contributed by atoms with Crippen molar-refractivity contribution in [1.29, 1.82) is 0 Å². The Bertz CT molecular complexity index is 447. The van der Waals surface area contributed by atoms with Crippen LogP contribution in [-0.2, 0) is 0 Å². The van der Waals surface area contributed by atoms with Crippen molar-refractivity contribution in [3.8, 4) is 5.75 Å². The molecule has 0 N–H and O–H groups in total. The Hall–Kier alpha value is -0.960. The highest BCUT2D eigenvalue weighted by molar-refractivity contribution is 9.10. The van der Waals surface area contributed by atoms with Crippen LogP contribution < -0.4 is 4.74 Å². The van der Waals surface area contributed by atoms with Gasteiger partial charge in [0.05, 0.1) is 12.6 Å². The highest BCUT2D eigenvalue weighted by Crippen LogP contribution is 2.25. The number of halogens is 1. The van der Waals surface area contributed by atoms with Gasteiger partial charge >= 0.3 is 0 Å². The number of rotatable bonds is 1. The summed E-state index contributed by atoms with van der Waals surface area (Å²) in [6.45, 7) is 2.07. The maximum Gasteiger partial charge on any atom is 0.144 e. The number of hydrogen-bond acceptors (Lipinski definition) is 1. The summed E-state index contributed by atoms with van der Waals surface area (Å²) in [5.41, 5.74) is 2.33. The van der Waals surface area contributed by atoms with E-state index in [4.69, 9.17) is 4.74 Å². The van der Waals surface area contributed by atoms with Crippen LogP contribution in [0.15, 0.2) is 29.0 Å². The van der Waals surface area contributed by atoms with E-state index in [0.29, 0.717) is 0 Å². The van der Waals surface area contributed by atoms with Gasteiger partial charge in [-0.1, -0.05) is 0 Å². The maximum atomic E-state index is 5.27. The molecular weight excluding hydrogens is 230 g/mol. The molecule has 2 rings (SSSR count). The van der Waals surface area contributed by atoms with Gasteiger partial charge in [-0.15, -0.1) is 0 Å². The van der Waals surface area contributed by atoms with Crippen LogP contribution in [0.5, 0.6) is 5.75 Å². The van der Waals surface area contributed by atoms with Crippen LogP contribution in [0.4, 0.5) is 0 Å². The third kappa shape index (κ3) is 1.44. The molecule has 0 aliphatic carbocycles. The Morgan fingerprint density at radius 2 is 2.08 bits per heavy atom. The standard InChI is InChI=1S/C10H10BrNO/c1-7-3-9-10(13-2)4-8(11)6-12(9)5-7/h3-6H,1-2H3. The molecule has 2 nitrogen and oxygen atoms in total. The Morgan fingerprint density at radius 3 is 2.77 bits per heavy atom. The molecule has 0 saturated heterocycles. The normalized spacial score (nSPS) is 10.7. The van der Waals surface area contributed by atoms with Crippen LogP contribution in [0.1, 0.15) is 5.56 Å². The van der Waals surface area contributed by atoms with Crippen LogP contribution in [0.2, 0.25) is 0 Å². The van der Waals surface area contributed by atoms with Gasteiger partial charge in [-0.3, -0.25) is 0 Å². The van der Waals surface area contributed by atoms with E-state index in [2.05, 4.69) is 39.5 Å². The maximum absolute atomic E-state index is 5.27. The molecule has 0 atom stereocenters. The number of nitrogens with zero attached hydrogens (tertiary/aromatic N) is 1. The van der Waals surface area contributed by atoms with Gasteiger partial charge in [-0.05, 0) is 40.5 Å². The lowest BCUT2D eigenvalue weighted by molar-refractivity contribution is 0.417. The molecule has 2 heterocycles. The van der Waals surface area contributed by atoms with Gasteiger partial charge in [0.25, 0.3) is 0 Å². The van der Waals surface area contributed by atoms with Crippen molar-refractivity contribution in [3.63, 3.8) is 0 Å². The van der Waals surface area contributed by atoms with E-state index in [1.165, 1.54) is 5.56 Å². The molecule has 13 heavy (non-hydrogen) atoms. The van der Waals surface area contributed by atoms with Gasteiger partial charge < -0.3 is 9.14 Å². The molecule has 0 radical (unpaired) electrons. The first-order chi connectivity index (χ1) is 6.20. The average Bonchev–Trinajstić information content (AvgIpc) is 2.43. The minimum absolute atomic E-state index is 0.891. The van der Waals surface area contributed by atoms with Crippen molar-refractivity contribution >= 4 is 21.4 Å². The molecule has 0 saturated carbocycles. The van der Waals surface area contributed by atoms with Crippen molar-refractivity contribution in [2.45, 2.75) is 6.92 Å². The fourth-order valence-corrected chi connectivity index (χ4v) is 1.88. The topological polar surface area (TPSA) is 13.6 Å². The Morgan fingerprint density at radius 1 is 1.31 bits per heavy atom. The molecule has 2 aromatic rings. The second-order valence-electron chi connectivity index (χ2n) is 3.04. The van der Waals surface area contributed by atoms with Gasteiger partial charge in [-0.2, -0.15) is 0 Å². The first kappa shape index (κ1) is 8.63. The van der Waals surface area contributed by atoms with E-state index < -0.39 is 0 Å². The van der Waals surface area contributed by atoms with Crippen molar-refractivity contribution in [2.75, 3.05) is 7.11 Å². The highest BCUT2D eigenvalue weighted by atomic mass is 79.9. The van der Waals surface area contributed by atoms with Gasteiger partial charge in [0.1, 0.15) is 5.75 Å². The third-order valence-corrected chi connectivity index (χ3v) is 2.42. The average molecular weight is 240 g/mol. The number of hydrogen-bond donors (Lipinski definition) is 0. The van der Waals surface area contributed by atoms with Gasteiger partial charge in [-0.25, -0.2) is 0 Å². The van der Waals surface area contributed by atoms with Crippen molar-refractivity contribution in [3.05, 3.63) is 34.6 Å². The van der Waals surface area contributed by atoms with Crippen LogP contribution in [0.3, 0.4) is 0 Å². The number of aryl methyl sites for hydroxylation is 1. The largest absolute Gasteiger partial charge is 0.495 e. The Labute approximate surface area is 85.3 Å². The second kappa shape index (κ2) is 3.07. The summed E-state index contributed by atoms with van der Waals surface area (Å²) in [6, 6.07) is 4.07. The first-order valence-corrected chi connectivity index (χ1v) is 4.82. The van der Waals surface area contributed by atoms with E-state index >= 15 is 0 Å². The number of aromatic nitrogens is 1. The van der Waals surface area contributed by atoms with Crippen LogP contribution >= 0.6 is 15.9 Å². The van der Waals surface area contributed by atoms with Crippen molar-refractivity contribution in [1.82, 2.24) is 4.40 Å². The Kier molecular flexibility index (Phi) is 2.04. The molecule has 0 unspecified atom stereocenters. The quantitative estimate of drug-likeness (QED) is 0.747. The number of fused-ring (bicyclic) bond motifs is 1. The van der Waals surface area contributed by atoms with E-state index in [0.717, 1.165) is 15.7 Å². The SMILES string of the molecule is COc1cc(Br)cn2cc(C)cc12. The summed E-state index contributed by atoms with van der Waals surface area (Å²) in [6.07, 6.45) is 4.09. The summed E-state index contributed by atoms with van der Waals surface area (Å²) < 4.78 is 8.35. The van der Waals surface area contributed by atoms with Gasteiger partial charge in [0, 0.05) is 16.9 Å². The molecule has 0 aliphatic rings. The highest BCUT2D eigenvalue weighted by Gasteiger charge is 2.03. The molecule has 3 heteroatoms. The molecule has 0 aliphatic heterocycles. The molecule has 2 aromatic heterocycles. The summed E-state index contributed by atoms with van der Waals surface area (Å²) in [4.78, 5) is 0. The van der Waals surface area contributed by atoms with Crippen LogP contribution in [0.25, 0.3) is 5.52 Å².